The van der Waals surface area contributed by atoms with E-state index in [0.29, 0.717) is 0 Å². The van der Waals surface area contributed by atoms with Gasteiger partial charge >= 0.3 is 0 Å². The maximum Gasteiger partial charge on any atom is 0.187 e. The zero-order valence-electron chi connectivity index (χ0n) is 11.7. The lowest BCUT2D eigenvalue weighted by Crippen LogP contribution is -2.63. The Morgan fingerprint density at radius 3 is 2.05 bits per heavy atom. The van der Waals surface area contributed by atoms with E-state index in [9.17, 15) is 30.6 Å². The summed E-state index contributed by atoms with van der Waals surface area (Å²) >= 11 is 0. The minimum atomic E-state index is -1.65. The molecule has 0 radical (unpaired) electrons. The van der Waals surface area contributed by atoms with Gasteiger partial charge in [0.2, 0.25) is 0 Å². The Kier molecular flexibility index (Phi) is 6.07. The zero-order valence-corrected chi connectivity index (χ0v) is 11.7. The van der Waals surface area contributed by atoms with Crippen molar-refractivity contribution in [3.63, 3.8) is 0 Å². The van der Waals surface area contributed by atoms with E-state index in [-0.39, 0.29) is 6.61 Å². The van der Waals surface area contributed by atoms with E-state index in [1.807, 2.05) is 0 Å². The zero-order chi connectivity index (χ0) is 16.4. The van der Waals surface area contributed by atoms with Crippen LogP contribution in [0.1, 0.15) is 0 Å². The lowest BCUT2D eigenvalue weighted by atomic mass is 9.97. The quantitative estimate of drug-likeness (QED) is 0.266. The molecule has 0 aromatic heterocycles. The smallest absolute Gasteiger partial charge is 0.187 e. The minimum Gasteiger partial charge on any atom is -0.394 e. The minimum absolute atomic E-state index is 0.194. The van der Waals surface area contributed by atoms with E-state index in [0.717, 1.165) is 0 Å². The molecule has 2 aliphatic heterocycles. The fraction of sp³-hybridized carbons (Fsp3) is 1.00. The van der Waals surface area contributed by atoms with E-state index in [1.54, 1.807) is 0 Å². The van der Waals surface area contributed by atoms with Crippen LogP contribution in [0.15, 0.2) is 0 Å². The third-order valence-electron chi connectivity index (χ3n) is 3.90. The molecule has 10 heteroatoms. The highest BCUT2D eigenvalue weighted by atomic mass is 16.7. The monoisotopic (exact) mass is 326 g/mol. The summed E-state index contributed by atoms with van der Waals surface area (Å²) in [5.74, 6) is 0. The number of aliphatic hydroxyl groups excluding tert-OH is 7. The van der Waals surface area contributed by atoms with Crippen molar-refractivity contribution in [1.29, 1.82) is 0 Å². The molecular weight excluding hydrogens is 304 g/mol. The summed E-state index contributed by atoms with van der Waals surface area (Å²) in [6, 6.07) is 0. The first-order valence-electron chi connectivity index (χ1n) is 6.95. The standard InChI is InChI=1S/C12H22O10/c13-1-5-8(17)9(18)10(19)12(21-5)22-11-6(2-14)20-3-4(15)7(11)16/h4-19H,1-3H2/t4-,5?,6?,7?,8-,9?,10?,11-,12+/m1/s1. The molecule has 2 heterocycles. The highest BCUT2D eigenvalue weighted by Gasteiger charge is 2.48. The first kappa shape index (κ1) is 17.9. The molecule has 0 aromatic carbocycles. The predicted octanol–water partition coefficient (Wildman–Crippen LogP) is -4.72. The normalized spacial score (nSPS) is 50.0. The Balaban J connectivity index is 2.09. The van der Waals surface area contributed by atoms with E-state index < -0.39 is 68.3 Å². The maximum absolute atomic E-state index is 9.93. The number of rotatable bonds is 4. The molecule has 0 bridgehead atoms. The molecule has 2 aliphatic rings. The molecule has 9 atom stereocenters. The van der Waals surface area contributed by atoms with Gasteiger partial charge in [-0.2, -0.15) is 0 Å². The lowest BCUT2D eigenvalue weighted by Gasteiger charge is -2.44. The largest absolute Gasteiger partial charge is 0.394 e. The molecule has 0 amide bonds. The van der Waals surface area contributed by atoms with Crippen molar-refractivity contribution in [3.05, 3.63) is 0 Å². The second-order valence-electron chi connectivity index (χ2n) is 5.41. The fourth-order valence-electron chi connectivity index (χ4n) is 2.51. The Labute approximate surface area is 126 Å². The second kappa shape index (κ2) is 7.45. The molecule has 0 spiro atoms. The summed E-state index contributed by atoms with van der Waals surface area (Å²) in [7, 11) is 0. The number of ether oxygens (including phenoxy) is 3. The van der Waals surface area contributed by atoms with Gasteiger partial charge in [0, 0.05) is 0 Å². The number of hydrogen-bond donors (Lipinski definition) is 7. The van der Waals surface area contributed by atoms with Crippen LogP contribution in [0, 0.1) is 0 Å². The molecule has 0 saturated carbocycles. The Morgan fingerprint density at radius 1 is 0.818 bits per heavy atom. The summed E-state index contributed by atoms with van der Waals surface area (Å²) in [6.45, 7) is -1.33. The highest BCUT2D eigenvalue weighted by molar-refractivity contribution is 4.92. The van der Waals surface area contributed by atoms with Crippen LogP contribution in [-0.4, -0.2) is 111 Å². The molecule has 10 nitrogen and oxygen atoms in total. The van der Waals surface area contributed by atoms with Gasteiger partial charge in [0.1, 0.15) is 48.8 Å². The summed E-state index contributed by atoms with van der Waals surface area (Å²) in [5.41, 5.74) is 0. The lowest BCUT2D eigenvalue weighted by molar-refractivity contribution is -0.336. The maximum atomic E-state index is 9.93. The van der Waals surface area contributed by atoms with Crippen LogP contribution >= 0.6 is 0 Å². The van der Waals surface area contributed by atoms with Gasteiger partial charge in [0.15, 0.2) is 6.29 Å². The van der Waals surface area contributed by atoms with Crippen LogP contribution in [0.3, 0.4) is 0 Å². The first-order chi connectivity index (χ1) is 10.4. The average molecular weight is 326 g/mol. The molecule has 130 valence electrons. The molecule has 7 N–H and O–H groups in total. The van der Waals surface area contributed by atoms with Crippen molar-refractivity contribution in [3.8, 4) is 0 Å². The van der Waals surface area contributed by atoms with Crippen LogP contribution in [0.25, 0.3) is 0 Å². The number of aliphatic hydroxyl groups is 7. The van der Waals surface area contributed by atoms with Gasteiger partial charge in [-0.15, -0.1) is 0 Å². The van der Waals surface area contributed by atoms with Gasteiger partial charge in [-0.25, -0.2) is 0 Å². The van der Waals surface area contributed by atoms with Gasteiger partial charge in [-0.05, 0) is 0 Å². The summed E-state index contributed by atoms with van der Waals surface area (Å²) in [6.07, 6.45) is -12.3. The first-order valence-corrected chi connectivity index (χ1v) is 6.95. The van der Waals surface area contributed by atoms with Crippen LogP contribution in [-0.2, 0) is 14.2 Å². The third-order valence-corrected chi connectivity index (χ3v) is 3.90. The Morgan fingerprint density at radius 2 is 1.45 bits per heavy atom. The number of hydrogen-bond acceptors (Lipinski definition) is 10. The summed E-state index contributed by atoms with van der Waals surface area (Å²) in [5, 5.41) is 67.0. The molecule has 2 fully saturated rings. The highest BCUT2D eigenvalue weighted by Crippen LogP contribution is 2.27. The van der Waals surface area contributed by atoms with Gasteiger partial charge in [-0.3, -0.25) is 0 Å². The van der Waals surface area contributed by atoms with Gasteiger partial charge in [0.05, 0.1) is 19.8 Å². The van der Waals surface area contributed by atoms with E-state index in [4.69, 9.17) is 19.3 Å². The van der Waals surface area contributed by atoms with E-state index >= 15 is 0 Å². The van der Waals surface area contributed by atoms with Gasteiger partial charge in [-0.1, -0.05) is 0 Å². The van der Waals surface area contributed by atoms with Crippen molar-refractivity contribution in [2.75, 3.05) is 19.8 Å². The van der Waals surface area contributed by atoms with Crippen molar-refractivity contribution in [2.45, 2.75) is 55.1 Å². The molecule has 0 aromatic rings. The van der Waals surface area contributed by atoms with Gasteiger partial charge < -0.3 is 50.0 Å². The van der Waals surface area contributed by atoms with E-state index in [2.05, 4.69) is 0 Å². The topological polar surface area (TPSA) is 169 Å². The Bertz CT molecular complexity index is 351. The van der Waals surface area contributed by atoms with Crippen molar-refractivity contribution >= 4 is 0 Å². The second-order valence-corrected chi connectivity index (χ2v) is 5.41. The van der Waals surface area contributed by atoms with Crippen molar-refractivity contribution in [2.24, 2.45) is 0 Å². The van der Waals surface area contributed by atoms with Crippen LogP contribution in [0.4, 0.5) is 0 Å². The van der Waals surface area contributed by atoms with E-state index in [1.165, 1.54) is 0 Å². The molecule has 2 rings (SSSR count). The van der Waals surface area contributed by atoms with Crippen LogP contribution < -0.4 is 0 Å². The molecular formula is C12H22O10. The summed E-state index contributed by atoms with van der Waals surface area (Å²) in [4.78, 5) is 0. The Hall–Kier alpha value is -0.400. The van der Waals surface area contributed by atoms with Crippen LogP contribution in [0.2, 0.25) is 0 Å². The molecule has 5 unspecified atom stereocenters. The van der Waals surface area contributed by atoms with Crippen LogP contribution in [0.5, 0.6) is 0 Å². The fourth-order valence-corrected chi connectivity index (χ4v) is 2.51. The average Bonchev–Trinajstić information content (AvgIpc) is 2.52. The molecule has 22 heavy (non-hydrogen) atoms. The third kappa shape index (κ3) is 3.41. The predicted molar refractivity (Wildman–Crippen MR) is 67.5 cm³/mol. The summed E-state index contributed by atoms with van der Waals surface area (Å²) < 4.78 is 15.6. The van der Waals surface area contributed by atoms with Crippen molar-refractivity contribution in [1.82, 2.24) is 0 Å². The SMILES string of the molecule is OCC1O[C@@H](O[C@@H]2C(CO)OC[C@@H](O)C2O)C(O)C(O)[C@@H]1O. The van der Waals surface area contributed by atoms with Gasteiger partial charge in [0.25, 0.3) is 0 Å². The molecule has 2 saturated heterocycles. The molecule has 0 aliphatic carbocycles. The van der Waals surface area contributed by atoms with Crippen molar-refractivity contribution < 1.29 is 50.0 Å².